The van der Waals surface area contributed by atoms with Crippen LogP contribution in [0.4, 0.5) is 0 Å². The Hall–Kier alpha value is -0.0800. The zero-order valence-electron chi connectivity index (χ0n) is 12.2. The summed E-state index contributed by atoms with van der Waals surface area (Å²) in [5.74, 6) is 0. The highest BCUT2D eigenvalue weighted by Gasteiger charge is 2.35. The van der Waals surface area contributed by atoms with Crippen molar-refractivity contribution in [3.05, 3.63) is 0 Å². The molecule has 0 atom stereocenters. The first-order valence-electron chi connectivity index (χ1n) is 8.23. The van der Waals surface area contributed by atoms with Gasteiger partial charge < -0.3 is 10.1 Å². The van der Waals surface area contributed by atoms with Crippen LogP contribution in [0.1, 0.15) is 77.6 Å². The van der Waals surface area contributed by atoms with Gasteiger partial charge in [-0.25, -0.2) is 0 Å². The summed E-state index contributed by atoms with van der Waals surface area (Å²) in [6, 6.07) is 0. The van der Waals surface area contributed by atoms with E-state index in [1.165, 1.54) is 70.6 Å². The topological polar surface area (TPSA) is 21.3 Å². The molecule has 0 bridgehead atoms. The van der Waals surface area contributed by atoms with Crippen molar-refractivity contribution < 1.29 is 4.74 Å². The van der Waals surface area contributed by atoms with Crippen LogP contribution in [0.2, 0.25) is 0 Å². The van der Waals surface area contributed by atoms with E-state index >= 15 is 0 Å². The Morgan fingerprint density at radius 3 is 2.17 bits per heavy atom. The lowest BCUT2D eigenvalue weighted by Crippen LogP contribution is -2.47. The molecule has 2 rings (SSSR count). The number of hydrogen-bond acceptors (Lipinski definition) is 2. The average molecular weight is 253 g/mol. The Morgan fingerprint density at radius 2 is 1.56 bits per heavy atom. The first-order valence-corrected chi connectivity index (χ1v) is 8.23. The third-order valence-corrected chi connectivity index (χ3v) is 4.68. The normalized spacial score (nSPS) is 25.8. The molecule has 0 aromatic carbocycles. The van der Waals surface area contributed by atoms with Crippen molar-refractivity contribution in [1.82, 2.24) is 5.32 Å². The Balaban J connectivity index is 1.90. The van der Waals surface area contributed by atoms with Crippen LogP contribution in [0.15, 0.2) is 0 Å². The zero-order chi connectivity index (χ0) is 12.7. The minimum absolute atomic E-state index is 0.170. The van der Waals surface area contributed by atoms with E-state index in [-0.39, 0.29) is 5.60 Å². The maximum absolute atomic E-state index is 6.64. The van der Waals surface area contributed by atoms with Crippen LogP contribution in [-0.4, -0.2) is 24.8 Å². The summed E-state index contributed by atoms with van der Waals surface area (Å²) in [6.07, 6.45) is 15.4. The summed E-state index contributed by atoms with van der Waals surface area (Å²) in [7, 11) is 0. The van der Waals surface area contributed by atoms with Gasteiger partial charge in [0.1, 0.15) is 0 Å². The molecule has 0 aromatic heterocycles. The molecule has 0 radical (unpaired) electrons. The van der Waals surface area contributed by atoms with E-state index in [1.54, 1.807) is 0 Å². The molecule has 0 heterocycles. The van der Waals surface area contributed by atoms with Gasteiger partial charge in [0.15, 0.2) is 0 Å². The standard InChI is InChI=1S/C16H31NO/c1-2-17-14-16(12-8-5-9-13-16)18-15-10-6-3-4-7-11-15/h15,17H,2-14H2,1H3. The van der Waals surface area contributed by atoms with E-state index in [1.807, 2.05) is 0 Å². The Bertz CT molecular complexity index is 215. The van der Waals surface area contributed by atoms with Crippen LogP contribution in [0.25, 0.3) is 0 Å². The minimum Gasteiger partial charge on any atom is -0.370 e. The lowest BCUT2D eigenvalue weighted by Gasteiger charge is -2.40. The van der Waals surface area contributed by atoms with Crippen LogP contribution in [0.3, 0.4) is 0 Å². The number of rotatable bonds is 5. The van der Waals surface area contributed by atoms with Gasteiger partial charge in [0.2, 0.25) is 0 Å². The number of ether oxygens (including phenoxy) is 1. The van der Waals surface area contributed by atoms with Crippen LogP contribution >= 0.6 is 0 Å². The van der Waals surface area contributed by atoms with Crippen molar-refractivity contribution in [3.8, 4) is 0 Å². The number of nitrogens with one attached hydrogen (secondary N) is 1. The maximum atomic E-state index is 6.64. The molecule has 2 fully saturated rings. The largest absolute Gasteiger partial charge is 0.370 e. The van der Waals surface area contributed by atoms with E-state index < -0.39 is 0 Å². The molecular weight excluding hydrogens is 222 g/mol. The van der Waals surface area contributed by atoms with Crippen LogP contribution in [0, 0.1) is 0 Å². The third kappa shape index (κ3) is 4.24. The van der Waals surface area contributed by atoms with Gasteiger partial charge in [-0.1, -0.05) is 51.9 Å². The lowest BCUT2D eigenvalue weighted by atomic mass is 9.84. The second-order valence-corrected chi connectivity index (χ2v) is 6.26. The molecule has 2 aliphatic rings. The monoisotopic (exact) mass is 253 g/mol. The van der Waals surface area contributed by atoms with Gasteiger partial charge in [0, 0.05) is 6.54 Å². The van der Waals surface area contributed by atoms with Gasteiger partial charge in [-0.2, -0.15) is 0 Å². The van der Waals surface area contributed by atoms with E-state index in [0.717, 1.165) is 13.1 Å². The van der Waals surface area contributed by atoms with Crippen LogP contribution in [0.5, 0.6) is 0 Å². The molecular formula is C16H31NO. The van der Waals surface area contributed by atoms with Gasteiger partial charge in [0.05, 0.1) is 11.7 Å². The number of hydrogen-bond donors (Lipinski definition) is 1. The van der Waals surface area contributed by atoms with Gasteiger partial charge >= 0.3 is 0 Å². The number of likely N-dealkylation sites (N-methyl/N-ethyl adjacent to an activating group) is 1. The van der Waals surface area contributed by atoms with Crippen molar-refractivity contribution in [2.24, 2.45) is 0 Å². The molecule has 1 N–H and O–H groups in total. The fourth-order valence-electron chi connectivity index (χ4n) is 3.60. The lowest BCUT2D eigenvalue weighted by molar-refractivity contribution is -0.115. The first-order chi connectivity index (χ1) is 8.85. The van der Waals surface area contributed by atoms with Crippen molar-refractivity contribution in [1.29, 1.82) is 0 Å². The summed E-state index contributed by atoms with van der Waals surface area (Å²) in [6.45, 7) is 4.33. The van der Waals surface area contributed by atoms with E-state index in [0.29, 0.717) is 6.10 Å². The molecule has 2 heteroatoms. The Kier molecular flexibility index (Phi) is 5.97. The van der Waals surface area contributed by atoms with Gasteiger partial charge in [-0.15, -0.1) is 0 Å². The molecule has 2 saturated carbocycles. The van der Waals surface area contributed by atoms with Gasteiger partial charge in [-0.05, 0) is 32.2 Å². The highest BCUT2D eigenvalue weighted by atomic mass is 16.5. The fraction of sp³-hybridized carbons (Fsp3) is 1.00. The maximum Gasteiger partial charge on any atom is 0.0810 e. The molecule has 0 saturated heterocycles. The summed E-state index contributed by atoms with van der Waals surface area (Å²) in [5.41, 5.74) is 0.170. The van der Waals surface area contributed by atoms with E-state index in [4.69, 9.17) is 4.74 Å². The third-order valence-electron chi connectivity index (χ3n) is 4.68. The summed E-state index contributed by atoms with van der Waals surface area (Å²) < 4.78 is 6.64. The smallest absolute Gasteiger partial charge is 0.0810 e. The Labute approximate surface area is 113 Å². The quantitative estimate of drug-likeness (QED) is 0.747. The summed E-state index contributed by atoms with van der Waals surface area (Å²) in [4.78, 5) is 0. The van der Waals surface area contributed by atoms with Crippen molar-refractivity contribution >= 4 is 0 Å². The second-order valence-electron chi connectivity index (χ2n) is 6.26. The molecule has 2 aliphatic carbocycles. The first kappa shape index (κ1) is 14.3. The zero-order valence-corrected chi connectivity index (χ0v) is 12.2. The SMILES string of the molecule is CCNCC1(OC2CCCCCC2)CCCCC1. The van der Waals surface area contributed by atoms with Crippen molar-refractivity contribution in [3.63, 3.8) is 0 Å². The minimum atomic E-state index is 0.170. The average Bonchev–Trinajstić information content (AvgIpc) is 2.66. The fourth-order valence-corrected chi connectivity index (χ4v) is 3.60. The van der Waals surface area contributed by atoms with Crippen molar-refractivity contribution in [2.45, 2.75) is 89.3 Å². The predicted molar refractivity (Wildman–Crippen MR) is 76.9 cm³/mol. The molecule has 2 nitrogen and oxygen atoms in total. The molecule has 0 spiro atoms. The van der Waals surface area contributed by atoms with Gasteiger partial charge in [0.25, 0.3) is 0 Å². The molecule has 0 amide bonds. The molecule has 0 aromatic rings. The molecule has 106 valence electrons. The highest BCUT2D eigenvalue weighted by Crippen LogP contribution is 2.34. The summed E-state index contributed by atoms with van der Waals surface area (Å²) >= 11 is 0. The van der Waals surface area contributed by atoms with E-state index in [9.17, 15) is 0 Å². The van der Waals surface area contributed by atoms with Crippen LogP contribution < -0.4 is 5.32 Å². The van der Waals surface area contributed by atoms with Crippen molar-refractivity contribution in [2.75, 3.05) is 13.1 Å². The Morgan fingerprint density at radius 1 is 0.944 bits per heavy atom. The van der Waals surface area contributed by atoms with Crippen LogP contribution in [-0.2, 0) is 4.74 Å². The second kappa shape index (κ2) is 7.49. The highest BCUT2D eigenvalue weighted by molar-refractivity contribution is 4.88. The van der Waals surface area contributed by atoms with Gasteiger partial charge in [-0.3, -0.25) is 0 Å². The molecule has 0 aliphatic heterocycles. The van der Waals surface area contributed by atoms with E-state index in [2.05, 4.69) is 12.2 Å². The predicted octanol–water partition coefficient (Wildman–Crippen LogP) is 4.04. The molecule has 18 heavy (non-hydrogen) atoms. The summed E-state index contributed by atoms with van der Waals surface area (Å²) in [5, 5.41) is 3.54. The molecule has 0 unspecified atom stereocenters.